The fraction of sp³-hybridized carbons (Fsp3) is 0.200. The summed E-state index contributed by atoms with van der Waals surface area (Å²) in [5, 5.41) is 2.01. The highest BCUT2D eigenvalue weighted by Gasteiger charge is 2.00. The second kappa shape index (κ2) is 5.09. The molecule has 0 saturated heterocycles. The van der Waals surface area contributed by atoms with Crippen LogP contribution in [0.3, 0.4) is 0 Å². The van der Waals surface area contributed by atoms with E-state index in [1.165, 1.54) is 0 Å². The van der Waals surface area contributed by atoms with Gasteiger partial charge in [0.1, 0.15) is 6.61 Å². The number of halogens is 1. The Hall–Kier alpha value is -1.13. The average Bonchev–Trinajstić information content (AvgIpc) is 2.79. The van der Waals surface area contributed by atoms with Gasteiger partial charge in [-0.05, 0) is 11.4 Å². The van der Waals surface area contributed by atoms with Crippen molar-refractivity contribution in [2.75, 3.05) is 0 Å². The van der Waals surface area contributed by atoms with Crippen molar-refractivity contribution in [3.63, 3.8) is 0 Å². The molecule has 0 aliphatic rings. The Morgan fingerprint density at radius 1 is 1.40 bits per heavy atom. The van der Waals surface area contributed by atoms with Crippen LogP contribution in [0.1, 0.15) is 10.6 Å². The van der Waals surface area contributed by atoms with Gasteiger partial charge in [0.05, 0.1) is 17.8 Å². The molecule has 0 bridgehead atoms. The Kier molecular flexibility index (Phi) is 3.53. The molecule has 0 spiro atoms. The maximum Gasteiger partial charge on any atom is 0.232 e. The number of aromatic nitrogens is 2. The smallest absolute Gasteiger partial charge is 0.232 e. The summed E-state index contributed by atoms with van der Waals surface area (Å²) in [5.74, 6) is 0.866. The quantitative estimate of drug-likeness (QED) is 0.771. The van der Waals surface area contributed by atoms with Crippen LogP contribution >= 0.6 is 22.9 Å². The molecule has 15 heavy (non-hydrogen) atoms. The molecule has 2 heterocycles. The maximum absolute atomic E-state index is 5.64. The van der Waals surface area contributed by atoms with E-state index in [1.54, 1.807) is 23.7 Å². The van der Waals surface area contributed by atoms with Crippen molar-refractivity contribution >= 4 is 22.9 Å². The lowest BCUT2D eigenvalue weighted by Gasteiger charge is -2.03. The lowest BCUT2D eigenvalue weighted by Crippen LogP contribution is -1.97. The highest BCUT2D eigenvalue weighted by atomic mass is 35.5. The second-order valence-electron chi connectivity index (χ2n) is 2.85. The van der Waals surface area contributed by atoms with E-state index in [9.17, 15) is 0 Å². The van der Waals surface area contributed by atoms with Crippen LogP contribution in [0.15, 0.2) is 29.9 Å². The van der Waals surface area contributed by atoms with E-state index in [2.05, 4.69) is 9.97 Å². The summed E-state index contributed by atoms with van der Waals surface area (Å²) >= 11 is 7.30. The predicted molar refractivity (Wildman–Crippen MR) is 60.2 cm³/mol. The lowest BCUT2D eigenvalue weighted by molar-refractivity contribution is 0.295. The van der Waals surface area contributed by atoms with Gasteiger partial charge in [0.2, 0.25) is 5.88 Å². The minimum absolute atomic E-state index is 0.350. The van der Waals surface area contributed by atoms with Crippen LogP contribution in [0.25, 0.3) is 0 Å². The van der Waals surface area contributed by atoms with Crippen LogP contribution in [0.5, 0.6) is 5.88 Å². The van der Waals surface area contributed by atoms with Crippen LogP contribution in [-0.2, 0) is 12.5 Å². The van der Waals surface area contributed by atoms with E-state index < -0.39 is 0 Å². The number of ether oxygens (including phenoxy) is 1. The van der Waals surface area contributed by atoms with Crippen LogP contribution in [0, 0.1) is 0 Å². The standard InChI is InChI=1S/C10H9ClN2OS/c11-4-8-5-12-6-10(13-8)14-7-9-2-1-3-15-9/h1-3,5-6H,4,7H2. The summed E-state index contributed by atoms with van der Waals surface area (Å²) in [4.78, 5) is 9.33. The Balaban J connectivity index is 1.98. The van der Waals surface area contributed by atoms with Crippen molar-refractivity contribution in [1.82, 2.24) is 9.97 Å². The first-order valence-corrected chi connectivity index (χ1v) is 5.82. The highest BCUT2D eigenvalue weighted by Crippen LogP contribution is 2.13. The third-order valence-electron chi connectivity index (χ3n) is 1.74. The van der Waals surface area contributed by atoms with E-state index in [-0.39, 0.29) is 0 Å². The largest absolute Gasteiger partial charge is 0.471 e. The van der Waals surface area contributed by atoms with Crippen molar-refractivity contribution in [3.05, 3.63) is 40.5 Å². The first-order valence-electron chi connectivity index (χ1n) is 4.40. The van der Waals surface area contributed by atoms with Crippen molar-refractivity contribution < 1.29 is 4.74 Å². The van der Waals surface area contributed by atoms with Gasteiger partial charge in [-0.3, -0.25) is 4.98 Å². The molecule has 0 unspecified atom stereocenters. The van der Waals surface area contributed by atoms with E-state index in [0.717, 1.165) is 10.6 Å². The van der Waals surface area contributed by atoms with E-state index in [4.69, 9.17) is 16.3 Å². The van der Waals surface area contributed by atoms with Crippen molar-refractivity contribution in [1.29, 1.82) is 0 Å². The number of nitrogens with zero attached hydrogens (tertiary/aromatic N) is 2. The van der Waals surface area contributed by atoms with Gasteiger partial charge in [-0.25, -0.2) is 4.98 Å². The Morgan fingerprint density at radius 2 is 2.33 bits per heavy atom. The summed E-state index contributed by atoms with van der Waals surface area (Å²) in [6, 6.07) is 4.01. The van der Waals surface area contributed by atoms with E-state index >= 15 is 0 Å². The number of rotatable bonds is 4. The number of thiophene rings is 1. The van der Waals surface area contributed by atoms with E-state index in [1.807, 2.05) is 17.5 Å². The molecule has 5 heteroatoms. The fourth-order valence-corrected chi connectivity index (χ4v) is 1.80. The zero-order chi connectivity index (χ0) is 10.5. The van der Waals surface area contributed by atoms with Gasteiger partial charge >= 0.3 is 0 Å². The Bertz CT molecular complexity index is 419. The monoisotopic (exact) mass is 240 g/mol. The molecular formula is C10H9ClN2OS. The second-order valence-corrected chi connectivity index (χ2v) is 4.15. The Labute approximate surface area is 96.7 Å². The van der Waals surface area contributed by atoms with Gasteiger partial charge in [-0.1, -0.05) is 6.07 Å². The summed E-state index contributed by atoms with van der Waals surface area (Å²) in [6.07, 6.45) is 3.22. The van der Waals surface area contributed by atoms with Gasteiger partial charge in [-0.15, -0.1) is 22.9 Å². The molecule has 0 fully saturated rings. The molecule has 0 amide bonds. The summed E-state index contributed by atoms with van der Waals surface area (Å²) in [7, 11) is 0. The number of hydrogen-bond acceptors (Lipinski definition) is 4. The third kappa shape index (κ3) is 2.91. The molecule has 78 valence electrons. The zero-order valence-corrected chi connectivity index (χ0v) is 9.46. The first kappa shape index (κ1) is 10.4. The molecule has 3 nitrogen and oxygen atoms in total. The predicted octanol–water partition coefficient (Wildman–Crippen LogP) is 2.86. The third-order valence-corrected chi connectivity index (χ3v) is 2.87. The minimum Gasteiger partial charge on any atom is -0.471 e. The molecule has 0 atom stereocenters. The van der Waals surface area contributed by atoms with Crippen LogP contribution in [0.2, 0.25) is 0 Å². The number of alkyl halides is 1. The number of hydrogen-bond donors (Lipinski definition) is 0. The topological polar surface area (TPSA) is 35.0 Å². The first-order chi connectivity index (χ1) is 7.38. The molecule has 2 rings (SSSR count). The maximum atomic E-state index is 5.64. The van der Waals surface area contributed by atoms with Gasteiger partial charge in [0.25, 0.3) is 0 Å². The molecule has 0 saturated carbocycles. The van der Waals surface area contributed by atoms with Gasteiger partial charge < -0.3 is 4.74 Å². The highest BCUT2D eigenvalue weighted by molar-refractivity contribution is 7.09. The molecule has 2 aromatic rings. The normalized spacial score (nSPS) is 10.2. The average molecular weight is 241 g/mol. The Morgan fingerprint density at radius 3 is 3.07 bits per heavy atom. The van der Waals surface area contributed by atoms with Crippen LogP contribution in [-0.4, -0.2) is 9.97 Å². The molecular weight excluding hydrogens is 232 g/mol. The summed E-state index contributed by atoms with van der Waals surface area (Å²) < 4.78 is 5.47. The molecule has 0 aliphatic heterocycles. The molecule has 2 aromatic heterocycles. The van der Waals surface area contributed by atoms with E-state index in [0.29, 0.717) is 18.4 Å². The SMILES string of the molecule is ClCc1cncc(OCc2cccs2)n1. The summed E-state index contributed by atoms with van der Waals surface area (Å²) in [6.45, 7) is 0.526. The van der Waals surface area contributed by atoms with Gasteiger partial charge in [-0.2, -0.15) is 0 Å². The lowest BCUT2D eigenvalue weighted by atomic mass is 10.5. The molecule has 0 aromatic carbocycles. The van der Waals surface area contributed by atoms with Crippen molar-refractivity contribution in [3.8, 4) is 5.88 Å². The van der Waals surface area contributed by atoms with Crippen molar-refractivity contribution in [2.24, 2.45) is 0 Å². The van der Waals surface area contributed by atoms with Crippen molar-refractivity contribution in [2.45, 2.75) is 12.5 Å². The van der Waals surface area contributed by atoms with Crippen LogP contribution in [0.4, 0.5) is 0 Å². The summed E-state index contributed by atoms with van der Waals surface area (Å²) in [5.41, 5.74) is 0.723. The molecule has 0 N–H and O–H groups in total. The zero-order valence-electron chi connectivity index (χ0n) is 7.89. The minimum atomic E-state index is 0.350. The van der Waals surface area contributed by atoms with Gasteiger partial charge in [0.15, 0.2) is 0 Å². The van der Waals surface area contributed by atoms with Gasteiger partial charge in [0, 0.05) is 11.1 Å². The fourth-order valence-electron chi connectivity index (χ4n) is 1.06. The molecule has 0 radical (unpaired) electrons. The molecule has 0 aliphatic carbocycles. The van der Waals surface area contributed by atoms with Crippen LogP contribution < -0.4 is 4.74 Å².